The van der Waals surface area contributed by atoms with E-state index in [4.69, 9.17) is 16.3 Å². The molecule has 3 rings (SSSR count). The van der Waals surface area contributed by atoms with Gasteiger partial charge >= 0.3 is 5.97 Å². The molecule has 0 aliphatic heterocycles. The van der Waals surface area contributed by atoms with E-state index in [1.54, 1.807) is 0 Å². The average molecular weight is 433 g/mol. The molecule has 0 amide bonds. The molecule has 0 saturated carbocycles. The Labute approximate surface area is 175 Å². The molecule has 0 spiro atoms. The number of esters is 1. The van der Waals surface area contributed by atoms with E-state index in [0.29, 0.717) is 5.56 Å². The lowest BCUT2D eigenvalue weighted by Gasteiger charge is -2.12. The number of hydrogen-bond donors (Lipinski definition) is 0. The van der Waals surface area contributed by atoms with E-state index in [2.05, 4.69) is 4.98 Å². The normalized spacial score (nSPS) is 11.8. The second-order valence-corrected chi connectivity index (χ2v) is 9.42. The van der Waals surface area contributed by atoms with Crippen LogP contribution in [0.15, 0.2) is 47.4 Å². The van der Waals surface area contributed by atoms with Crippen LogP contribution in [0.1, 0.15) is 27.0 Å². The van der Waals surface area contributed by atoms with Crippen molar-refractivity contribution < 1.29 is 17.9 Å². The SMILES string of the molecule is Cc1ccc2cc(COC(=O)c3ccc(S(=O)(=O)N(C)C)cc3)c(Cl)nc2c1C. The maximum absolute atomic E-state index is 12.3. The van der Waals surface area contributed by atoms with E-state index >= 15 is 0 Å². The highest BCUT2D eigenvalue weighted by Crippen LogP contribution is 2.25. The summed E-state index contributed by atoms with van der Waals surface area (Å²) in [5.41, 5.74) is 3.85. The van der Waals surface area contributed by atoms with Gasteiger partial charge in [0.05, 0.1) is 16.0 Å². The van der Waals surface area contributed by atoms with Crippen molar-refractivity contribution in [3.8, 4) is 0 Å². The first-order valence-electron chi connectivity index (χ1n) is 8.86. The Bertz CT molecular complexity index is 1190. The molecule has 0 fully saturated rings. The van der Waals surface area contributed by atoms with Crippen LogP contribution in [-0.2, 0) is 21.4 Å². The molecule has 0 aliphatic rings. The summed E-state index contributed by atoms with van der Waals surface area (Å²) in [6.07, 6.45) is 0. The van der Waals surface area contributed by atoms with Crippen LogP contribution in [-0.4, -0.2) is 37.8 Å². The number of carbonyl (C=O) groups excluding carboxylic acids is 1. The van der Waals surface area contributed by atoms with Crippen molar-refractivity contribution in [2.45, 2.75) is 25.3 Å². The molecule has 8 heteroatoms. The number of sulfonamides is 1. The Morgan fingerprint density at radius 1 is 1.10 bits per heavy atom. The van der Waals surface area contributed by atoms with Gasteiger partial charge in [-0.25, -0.2) is 22.5 Å². The third-order valence-corrected chi connectivity index (χ3v) is 6.92. The first-order valence-corrected chi connectivity index (χ1v) is 10.7. The number of pyridine rings is 1. The zero-order chi connectivity index (χ0) is 21.3. The molecule has 2 aromatic carbocycles. The van der Waals surface area contributed by atoms with Crippen molar-refractivity contribution in [1.82, 2.24) is 9.29 Å². The van der Waals surface area contributed by atoms with Crippen molar-refractivity contribution in [3.63, 3.8) is 0 Å². The van der Waals surface area contributed by atoms with E-state index in [1.807, 2.05) is 32.0 Å². The van der Waals surface area contributed by atoms with Gasteiger partial charge in [-0.05, 0) is 55.3 Å². The molecule has 6 nitrogen and oxygen atoms in total. The molecule has 152 valence electrons. The highest BCUT2D eigenvalue weighted by Gasteiger charge is 2.18. The van der Waals surface area contributed by atoms with E-state index in [0.717, 1.165) is 26.3 Å². The Morgan fingerprint density at radius 3 is 2.38 bits per heavy atom. The van der Waals surface area contributed by atoms with Gasteiger partial charge in [-0.1, -0.05) is 23.7 Å². The number of halogens is 1. The number of aromatic nitrogens is 1. The van der Waals surface area contributed by atoms with Crippen LogP contribution in [0, 0.1) is 13.8 Å². The average Bonchev–Trinajstić information content (AvgIpc) is 2.69. The van der Waals surface area contributed by atoms with Crippen molar-refractivity contribution in [3.05, 3.63) is 69.9 Å². The molecule has 1 aromatic heterocycles. The fourth-order valence-corrected chi connectivity index (χ4v) is 3.90. The minimum Gasteiger partial charge on any atom is -0.457 e. The maximum Gasteiger partial charge on any atom is 0.338 e. The topological polar surface area (TPSA) is 76.6 Å². The molecule has 29 heavy (non-hydrogen) atoms. The summed E-state index contributed by atoms with van der Waals surface area (Å²) in [5, 5.41) is 1.20. The van der Waals surface area contributed by atoms with Crippen molar-refractivity contribution >= 4 is 38.5 Å². The monoisotopic (exact) mass is 432 g/mol. The van der Waals surface area contributed by atoms with E-state index in [9.17, 15) is 13.2 Å². The Hall–Kier alpha value is -2.48. The summed E-state index contributed by atoms with van der Waals surface area (Å²) >= 11 is 6.28. The fourth-order valence-electron chi connectivity index (χ4n) is 2.81. The predicted molar refractivity (Wildman–Crippen MR) is 113 cm³/mol. The lowest BCUT2D eigenvalue weighted by Crippen LogP contribution is -2.22. The molecular weight excluding hydrogens is 412 g/mol. The van der Waals surface area contributed by atoms with Crippen LogP contribution in [0.3, 0.4) is 0 Å². The molecule has 1 heterocycles. The zero-order valence-corrected chi connectivity index (χ0v) is 18.1. The first kappa shape index (κ1) is 21.2. The zero-order valence-electron chi connectivity index (χ0n) is 16.6. The summed E-state index contributed by atoms with van der Waals surface area (Å²) < 4.78 is 30.7. The van der Waals surface area contributed by atoms with E-state index in [-0.39, 0.29) is 22.2 Å². The fraction of sp³-hybridized carbons (Fsp3) is 0.238. The van der Waals surface area contributed by atoms with Gasteiger partial charge in [0.1, 0.15) is 11.8 Å². The number of rotatable bonds is 5. The number of hydrogen-bond acceptors (Lipinski definition) is 5. The highest BCUT2D eigenvalue weighted by atomic mass is 35.5. The quantitative estimate of drug-likeness (QED) is 0.448. The highest BCUT2D eigenvalue weighted by molar-refractivity contribution is 7.89. The minimum atomic E-state index is -3.55. The molecule has 0 saturated heterocycles. The van der Waals surface area contributed by atoms with E-state index in [1.165, 1.54) is 38.4 Å². The van der Waals surface area contributed by atoms with Crippen LogP contribution >= 0.6 is 11.6 Å². The molecule has 0 unspecified atom stereocenters. The van der Waals surface area contributed by atoms with Crippen LogP contribution < -0.4 is 0 Å². The second kappa shape index (κ2) is 8.10. The molecule has 0 bridgehead atoms. The molecule has 0 atom stereocenters. The van der Waals surface area contributed by atoms with Gasteiger partial charge in [0, 0.05) is 25.0 Å². The van der Waals surface area contributed by atoms with Crippen LogP contribution in [0.5, 0.6) is 0 Å². The van der Waals surface area contributed by atoms with Gasteiger partial charge in [0.25, 0.3) is 0 Å². The van der Waals surface area contributed by atoms with Crippen LogP contribution in [0.4, 0.5) is 0 Å². The largest absolute Gasteiger partial charge is 0.457 e. The molecular formula is C21H21ClN2O4S. The van der Waals surface area contributed by atoms with Crippen LogP contribution in [0.2, 0.25) is 5.15 Å². The number of nitrogens with zero attached hydrogens (tertiary/aromatic N) is 2. The number of fused-ring (bicyclic) bond motifs is 1. The smallest absolute Gasteiger partial charge is 0.338 e. The van der Waals surface area contributed by atoms with E-state index < -0.39 is 16.0 Å². The lowest BCUT2D eigenvalue weighted by atomic mass is 10.0. The number of benzene rings is 2. The number of ether oxygens (including phenoxy) is 1. The molecule has 0 aliphatic carbocycles. The van der Waals surface area contributed by atoms with Crippen LogP contribution in [0.25, 0.3) is 10.9 Å². The second-order valence-electron chi connectivity index (χ2n) is 6.91. The van der Waals surface area contributed by atoms with Crippen molar-refractivity contribution in [2.75, 3.05) is 14.1 Å². The molecule has 3 aromatic rings. The van der Waals surface area contributed by atoms with Gasteiger partial charge in [-0.15, -0.1) is 0 Å². The molecule has 0 radical (unpaired) electrons. The number of carbonyl (C=O) groups is 1. The summed E-state index contributed by atoms with van der Waals surface area (Å²) in [6.45, 7) is 3.96. The Morgan fingerprint density at radius 2 is 1.76 bits per heavy atom. The number of aryl methyl sites for hydroxylation is 2. The van der Waals surface area contributed by atoms with Gasteiger partial charge in [-0.3, -0.25) is 0 Å². The van der Waals surface area contributed by atoms with Gasteiger partial charge in [0.15, 0.2) is 0 Å². The summed E-state index contributed by atoms with van der Waals surface area (Å²) in [7, 11) is -0.660. The first-order chi connectivity index (χ1) is 13.6. The standard InChI is InChI=1S/C21H21ClN2O4S/c1-13-5-6-16-11-17(20(22)23-19(16)14(13)2)12-28-21(25)15-7-9-18(10-8-15)29(26,27)24(3)4/h5-11H,12H2,1-4H3. The van der Waals surface area contributed by atoms with Crippen molar-refractivity contribution in [1.29, 1.82) is 0 Å². The third-order valence-electron chi connectivity index (χ3n) is 4.77. The minimum absolute atomic E-state index is 0.0364. The Balaban J connectivity index is 1.77. The van der Waals surface area contributed by atoms with Gasteiger partial charge in [0.2, 0.25) is 10.0 Å². The summed E-state index contributed by atoms with van der Waals surface area (Å²) in [6, 6.07) is 11.4. The summed E-state index contributed by atoms with van der Waals surface area (Å²) in [5.74, 6) is -0.574. The van der Waals surface area contributed by atoms with Gasteiger partial charge in [-0.2, -0.15) is 0 Å². The molecule has 0 N–H and O–H groups in total. The third kappa shape index (κ3) is 4.27. The lowest BCUT2D eigenvalue weighted by molar-refractivity contribution is 0.0472. The predicted octanol–water partition coefficient (Wildman–Crippen LogP) is 4.11. The maximum atomic E-state index is 12.3. The van der Waals surface area contributed by atoms with Gasteiger partial charge < -0.3 is 4.74 Å². The summed E-state index contributed by atoms with van der Waals surface area (Å²) in [4.78, 5) is 16.9. The van der Waals surface area contributed by atoms with Crippen molar-refractivity contribution in [2.24, 2.45) is 0 Å². The Kier molecular flexibility index (Phi) is 5.93.